The smallest absolute Gasteiger partial charge is 0.00268 e. The average Bonchev–Trinajstić information content (AvgIpc) is 3.00. The molecule has 7 aromatic carbocycles. The van der Waals surface area contributed by atoms with Crippen molar-refractivity contribution in [1.29, 1.82) is 0 Å². The topological polar surface area (TPSA) is 0 Å². The Morgan fingerprint density at radius 2 is 0.605 bits per heavy atom. The molecule has 0 unspecified atom stereocenters. The van der Waals surface area contributed by atoms with Crippen molar-refractivity contribution in [3.63, 3.8) is 0 Å². The van der Waals surface area contributed by atoms with Crippen LogP contribution in [0.4, 0.5) is 0 Å². The fraction of sp³-hybridized carbons (Fsp3) is 0. The zero-order valence-electron chi connectivity index (χ0n) is 21.0. The maximum atomic E-state index is 2.31. The second-order valence-electron chi connectivity index (χ2n) is 9.80. The van der Waals surface area contributed by atoms with Crippen LogP contribution in [0.3, 0.4) is 0 Å². The predicted molar refractivity (Wildman–Crippen MR) is 163 cm³/mol. The first-order valence-electron chi connectivity index (χ1n) is 13.1. The lowest BCUT2D eigenvalue weighted by Gasteiger charge is -2.14. The number of hydrogen-bond acceptors (Lipinski definition) is 0. The van der Waals surface area contributed by atoms with Crippen molar-refractivity contribution in [3.05, 3.63) is 158 Å². The van der Waals surface area contributed by atoms with Crippen LogP contribution in [-0.2, 0) is 0 Å². The molecule has 0 aliphatic carbocycles. The van der Waals surface area contributed by atoms with Gasteiger partial charge in [-0.25, -0.2) is 0 Å². The van der Waals surface area contributed by atoms with Crippen molar-refractivity contribution < 1.29 is 0 Å². The zero-order chi connectivity index (χ0) is 25.3. The van der Waals surface area contributed by atoms with E-state index in [0.29, 0.717) is 0 Å². The first-order chi connectivity index (χ1) is 18.8. The van der Waals surface area contributed by atoms with E-state index in [4.69, 9.17) is 0 Å². The van der Waals surface area contributed by atoms with Crippen molar-refractivity contribution >= 4 is 21.5 Å². The third kappa shape index (κ3) is 4.07. The highest BCUT2D eigenvalue weighted by Gasteiger charge is 2.11. The lowest BCUT2D eigenvalue weighted by Crippen LogP contribution is -1.88. The third-order valence-electron chi connectivity index (χ3n) is 7.43. The molecule has 0 N–H and O–H groups in total. The molecule has 0 heterocycles. The first-order valence-corrected chi connectivity index (χ1v) is 13.1. The molecule has 7 aromatic rings. The molecule has 0 nitrogen and oxygen atoms in total. The van der Waals surface area contributed by atoms with E-state index in [-0.39, 0.29) is 0 Å². The molecule has 0 heteroatoms. The van der Waals surface area contributed by atoms with Crippen LogP contribution in [0.5, 0.6) is 0 Å². The SMILES string of the molecule is c1ccc(-c2cc(-c3ccccc3)cc(-c3ccc(-c4c5ccccc5cc5ccccc45)cc3)c2)cc1. The minimum absolute atomic E-state index is 1.22. The van der Waals surface area contributed by atoms with Crippen molar-refractivity contribution in [3.8, 4) is 44.5 Å². The van der Waals surface area contributed by atoms with Crippen LogP contribution in [-0.4, -0.2) is 0 Å². The second kappa shape index (κ2) is 9.50. The van der Waals surface area contributed by atoms with Crippen molar-refractivity contribution in [1.82, 2.24) is 0 Å². The van der Waals surface area contributed by atoms with Gasteiger partial charge in [0.1, 0.15) is 0 Å². The monoisotopic (exact) mass is 482 g/mol. The summed E-state index contributed by atoms with van der Waals surface area (Å²) in [7, 11) is 0. The summed E-state index contributed by atoms with van der Waals surface area (Å²) in [5, 5.41) is 5.12. The van der Waals surface area contributed by atoms with Crippen molar-refractivity contribution in [2.24, 2.45) is 0 Å². The van der Waals surface area contributed by atoms with Crippen molar-refractivity contribution in [2.45, 2.75) is 0 Å². The quantitative estimate of drug-likeness (QED) is 0.219. The van der Waals surface area contributed by atoms with Crippen LogP contribution in [0.15, 0.2) is 158 Å². The Kier molecular flexibility index (Phi) is 5.57. The molecule has 0 spiro atoms. The Balaban J connectivity index is 1.38. The highest BCUT2D eigenvalue weighted by molar-refractivity contribution is 6.12. The molecule has 0 bridgehead atoms. The molecule has 0 fully saturated rings. The number of rotatable bonds is 4. The summed E-state index contributed by atoms with van der Waals surface area (Å²) in [6, 6.07) is 57.0. The predicted octanol–water partition coefficient (Wildman–Crippen LogP) is 10.7. The van der Waals surface area contributed by atoms with Gasteiger partial charge in [0.2, 0.25) is 0 Å². The highest BCUT2D eigenvalue weighted by Crippen LogP contribution is 2.38. The van der Waals surface area contributed by atoms with Gasteiger partial charge < -0.3 is 0 Å². The summed E-state index contributed by atoms with van der Waals surface area (Å²) < 4.78 is 0. The Bertz CT molecular complexity index is 1770. The molecule has 0 amide bonds. The Hall–Kier alpha value is -4.94. The van der Waals surface area contributed by atoms with Crippen LogP contribution in [0.1, 0.15) is 0 Å². The van der Waals surface area contributed by atoms with Gasteiger partial charge in [0.25, 0.3) is 0 Å². The Morgan fingerprint density at radius 3 is 1.08 bits per heavy atom. The van der Waals surface area contributed by atoms with E-state index in [9.17, 15) is 0 Å². The molecular formula is C38H26. The summed E-state index contributed by atoms with van der Waals surface area (Å²) in [6.07, 6.45) is 0. The number of hydrogen-bond donors (Lipinski definition) is 0. The minimum atomic E-state index is 1.22. The Labute approximate surface area is 223 Å². The molecule has 178 valence electrons. The molecule has 38 heavy (non-hydrogen) atoms. The van der Waals surface area contributed by atoms with Crippen molar-refractivity contribution in [2.75, 3.05) is 0 Å². The second-order valence-corrected chi connectivity index (χ2v) is 9.80. The van der Waals surface area contributed by atoms with E-state index < -0.39 is 0 Å². The summed E-state index contributed by atoms with van der Waals surface area (Å²) in [5.74, 6) is 0. The zero-order valence-corrected chi connectivity index (χ0v) is 21.0. The molecular weight excluding hydrogens is 456 g/mol. The fourth-order valence-corrected chi connectivity index (χ4v) is 5.54. The van der Waals surface area contributed by atoms with Crippen LogP contribution in [0, 0.1) is 0 Å². The molecule has 0 radical (unpaired) electrons. The van der Waals surface area contributed by atoms with Gasteiger partial charge in [-0.05, 0) is 90.3 Å². The van der Waals surface area contributed by atoms with E-state index in [0.717, 1.165) is 0 Å². The largest absolute Gasteiger partial charge is 0.0622 e. The Morgan fingerprint density at radius 1 is 0.237 bits per heavy atom. The van der Waals surface area contributed by atoms with E-state index in [1.807, 2.05) is 0 Å². The molecule has 0 saturated heterocycles. The number of fused-ring (bicyclic) bond motifs is 2. The van der Waals surface area contributed by atoms with Gasteiger partial charge in [0.05, 0.1) is 0 Å². The van der Waals surface area contributed by atoms with Gasteiger partial charge in [-0.1, -0.05) is 133 Å². The maximum absolute atomic E-state index is 2.31. The van der Waals surface area contributed by atoms with Gasteiger partial charge in [0, 0.05) is 0 Å². The molecule has 0 saturated carbocycles. The number of benzene rings is 7. The summed E-state index contributed by atoms with van der Waals surface area (Å²) in [5.41, 5.74) is 9.89. The van der Waals surface area contributed by atoms with Crippen LogP contribution in [0.2, 0.25) is 0 Å². The fourth-order valence-electron chi connectivity index (χ4n) is 5.54. The van der Waals surface area contributed by atoms with Crippen LogP contribution in [0.25, 0.3) is 66.1 Å². The van der Waals surface area contributed by atoms with E-state index >= 15 is 0 Å². The first kappa shape index (κ1) is 22.3. The summed E-state index contributed by atoms with van der Waals surface area (Å²) in [6.45, 7) is 0. The summed E-state index contributed by atoms with van der Waals surface area (Å²) >= 11 is 0. The van der Waals surface area contributed by atoms with Crippen LogP contribution < -0.4 is 0 Å². The molecule has 0 aliphatic heterocycles. The normalized spacial score (nSPS) is 11.2. The summed E-state index contributed by atoms with van der Waals surface area (Å²) in [4.78, 5) is 0. The molecule has 0 aromatic heterocycles. The molecule has 7 rings (SSSR count). The van der Waals surface area contributed by atoms with E-state index in [2.05, 4.69) is 158 Å². The lowest BCUT2D eigenvalue weighted by atomic mass is 9.90. The van der Waals surface area contributed by atoms with Gasteiger partial charge in [0.15, 0.2) is 0 Å². The van der Waals surface area contributed by atoms with E-state index in [1.165, 1.54) is 66.1 Å². The average molecular weight is 483 g/mol. The standard InChI is InChI=1S/C38H26/c1-3-11-27(12-4-1)33-24-34(28-13-5-2-6-14-28)26-35(25-33)29-19-21-30(22-20-29)38-36-17-9-7-15-31(36)23-32-16-8-10-18-37(32)38/h1-26H. The van der Waals surface area contributed by atoms with E-state index in [1.54, 1.807) is 0 Å². The lowest BCUT2D eigenvalue weighted by molar-refractivity contribution is 1.56. The molecule has 0 aliphatic rings. The highest BCUT2D eigenvalue weighted by atomic mass is 14.2. The minimum Gasteiger partial charge on any atom is -0.0622 e. The maximum Gasteiger partial charge on any atom is -0.00268 e. The van der Waals surface area contributed by atoms with Gasteiger partial charge in [-0.3, -0.25) is 0 Å². The third-order valence-corrected chi connectivity index (χ3v) is 7.43. The van der Waals surface area contributed by atoms with Gasteiger partial charge in [-0.15, -0.1) is 0 Å². The van der Waals surface area contributed by atoms with Crippen LogP contribution >= 0.6 is 0 Å². The van der Waals surface area contributed by atoms with Gasteiger partial charge >= 0.3 is 0 Å². The molecule has 0 atom stereocenters. The van der Waals surface area contributed by atoms with Gasteiger partial charge in [-0.2, -0.15) is 0 Å².